The Labute approximate surface area is 172 Å². The van der Waals surface area contributed by atoms with Crippen LogP contribution < -0.4 is 15.5 Å². The summed E-state index contributed by atoms with van der Waals surface area (Å²) in [6.45, 7) is 3.00. The Morgan fingerprint density at radius 2 is 1.71 bits per heavy atom. The number of unbranched alkanes of at least 4 members (excludes halogenated alkanes) is 1. The summed E-state index contributed by atoms with van der Waals surface area (Å²) in [5.74, 6) is -0.248. The predicted octanol–water partition coefficient (Wildman–Crippen LogP) is 3.94. The summed E-state index contributed by atoms with van der Waals surface area (Å²) in [6.07, 6.45) is 2.08. The van der Waals surface area contributed by atoms with E-state index in [9.17, 15) is 9.59 Å². The third kappa shape index (κ3) is 7.61. The molecular weight excluding hydrogens is 374 g/mol. The van der Waals surface area contributed by atoms with Crippen molar-refractivity contribution < 1.29 is 9.59 Å². The van der Waals surface area contributed by atoms with E-state index in [-0.39, 0.29) is 24.3 Å². The summed E-state index contributed by atoms with van der Waals surface area (Å²) in [5.41, 5.74) is 2.05. The molecular formula is C22H28ClN3O2. The van der Waals surface area contributed by atoms with Gasteiger partial charge in [-0.15, -0.1) is 0 Å². The Kier molecular flexibility index (Phi) is 8.82. The van der Waals surface area contributed by atoms with Crippen molar-refractivity contribution in [1.82, 2.24) is 10.6 Å². The highest BCUT2D eigenvalue weighted by Crippen LogP contribution is 2.19. The topological polar surface area (TPSA) is 61.4 Å². The van der Waals surface area contributed by atoms with E-state index in [2.05, 4.69) is 34.7 Å². The highest BCUT2D eigenvalue weighted by atomic mass is 35.5. The van der Waals surface area contributed by atoms with E-state index in [1.807, 2.05) is 30.3 Å². The fourth-order valence-corrected chi connectivity index (χ4v) is 3.09. The number of rotatable bonds is 10. The molecule has 0 aliphatic heterocycles. The van der Waals surface area contributed by atoms with Crippen LogP contribution in [0.25, 0.3) is 0 Å². The van der Waals surface area contributed by atoms with Crippen LogP contribution in [-0.2, 0) is 9.59 Å². The second-order valence-electron chi connectivity index (χ2n) is 6.82. The van der Waals surface area contributed by atoms with Gasteiger partial charge in [0.05, 0.1) is 12.5 Å². The van der Waals surface area contributed by atoms with Gasteiger partial charge < -0.3 is 15.5 Å². The maximum Gasteiger partial charge on any atom is 0.222 e. The quantitative estimate of drug-likeness (QED) is 0.593. The van der Waals surface area contributed by atoms with E-state index in [1.165, 1.54) is 12.6 Å². The van der Waals surface area contributed by atoms with Gasteiger partial charge >= 0.3 is 0 Å². The first-order valence-corrected chi connectivity index (χ1v) is 9.89. The van der Waals surface area contributed by atoms with Crippen LogP contribution in [0.4, 0.5) is 5.69 Å². The first kappa shape index (κ1) is 21.8. The number of benzene rings is 2. The molecule has 0 aliphatic rings. The van der Waals surface area contributed by atoms with E-state index in [1.54, 1.807) is 12.1 Å². The number of halogens is 1. The van der Waals surface area contributed by atoms with Crippen LogP contribution in [-0.4, -0.2) is 32.0 Å². The fourth-order valence-electron chi connectivity index (χ4n) is 2.96. The second kappa shape index (κ2) is 11.3. The molecule has 0 aromatic heterocycles. The number of carbonyl (C=O) groups is 2. The van der Waals surface area contributed by atoms with Crippen molar-refractivity contribution in [3.8, 4) is 0 Å². The standard InChI is InChI=1S/C22H28ClN3O2/c1-17(27)25-21(18-10-12-19(23)13-11-18)16-22(28)24-14-6-7-15-26(2)20-8-4-3-5-9-20/h3-5,8-13,21H,6-7,14-16H2,1-2H3,(H,24,28)(H,25,27). The van der Waals surface area contributed by atoms with E-state index >= 15 is 0 Å². The molecule has 0 radical (unpaired) electrons. The van der Waals surface area contributed by atoms with Crippen molar-refractivity contribution in [2.24, 2.45) is 0 Å². The Balaban J connectivity index is 1.73. The molecule has 2 aromatic rings. The van der Waals surface area contributed by atoms with Crippen molar-refractivity contribution in [2.45, 2.75) is 32.2 Å². The maximum absolute atomic E-state index is 12.3. The molecule has 28 heavy (non-hydrogen) atoms. The first-order chi connectivity index (χ1) is 13.5. The minimum absolute atomic E-state index is 0.0786. The van der Waals surface area contributed by atoms with Gasteiger partial charge in [0.25, 0.3) is 0 Å². The first-order valence-electron chi connectivity index (χ1n) is 9.51. The lowest BCUT2D eigenvalue weighted by Crippen LogP contribution is -2.33. The summed E-state index contributed by atoms with van der Waals surface area (Å²) < 4.78 is 0. The summed E-state index contributed by atoms with van der Waals surface area (Å²) in [6, 6.07) is 17.0. The lowest BCUT2D eigenvalue weighted by atomic mass is 10.0. The molecule has 2 amide bonds. The molecule has 0 fully saturated rings. The van der Waals surface area contributed by atoms with Gasteiger partial charge in [0.1, 0.15) is 0 Å². The number of para-hydroxylation sites is 1. The Morgan fingerprint density at radius 1 is 1.04 bits per heavy atom. The minimum atomic E-state index is -0.362. The molecule has 2 aromatic carbocycles. The Bertz CT molecular complexity index is 750. The summed E-state index contributed by atoms with van der Waals surface area (Å²) in [5, 5.41) is 6.40. The number of hydrogen-bond acceptors (Lipinski definition) is 3. The normalized spacial score (nSPS) is 11.5. The van der Waals surface area contributed by atoms with E-state index in [0.29, 0.717) is 11.6 Å². The lowest BCUT2D eigenvalue weighted by Gasteiger charge is -2.19. The summed E-state index contributed by atoms with van der Waals surface area (Å²) in [7, 11) is 2.07. The molecule has 0 saturated heterocycles. The monoisotopic (exact) mass is 401 g/mol. The molecule has 5 nitrogen and oxygen atoms in total. The third-order valence-electron chi connectivity index (χ3n) is 4.48. The zero-order valence-corrected chi connectivity index (χ0v) is 17.2. The van der Waals surface area contributed by atoms with Gasteiger partial charge in [-0.05, 0) is 42.7 Å². The van der Waals surface area contributed by atoms with Crippen LogP contribution in [0.5, 0.6) is 0 Å². The van der Waals surface area contributed by atoms with E-state index < -0.39 is 0 Å². The molecule has 0 heterocycles. The zero-order chi connectivity index (χ0) is 20.4. The van der Waals surface area contributed by atoms with Gasteiger partial charge in [-0.3, -0.25) is 9.59 Å². The van der Waals surface area contributed by atoms with Gasteiger partial charge in [-0.25, -0.2) is 0 Å². The summed E-state index contributed by atoms with van der Waals surface area (Å²) in [4.78, 5) is 26.0. The van der Waals surface area contributed by atoms with Crippen molar-refractivity contribution in [2.75, 3.05) is 25.0 Å². The van der Waals surface area contributed by atoms with Gasteiger partial charge in [-0.1, -0.05) is 41.9 Å². The second-order valence-corrected chi connectivity index (χ2v) is 7.26. The Hall–Kier alpha value is -2.53. The largest absolute Gasteiger partial charge is 0.375 e. The van der Waals surface area contributed by atoms with Crippen molar-refractivity contribution in [3.05, 3.63) is 65.2 Å². The fraction of sp³-hybridized carbons (Fsp3) is 0.364. The molecule has 1 atom stereocenters. The van der Waals surface area contributed by atoms with Crippen LogP contribution >= 0.6 is 11.6 Å². The van der Waals surface area contributed by atoms with Gasteiger partial charge in [0, 0.05) is 37.8 Å². The predicted molar refractivity (Wildman–Crippen MR) is 115 cm³/mol. The van der Waals surface area contributed by atoms with Crippen molar-refractivity contribution in [1.29, 1.82) is 0 Å². The van der Waals surface area contributed by atoms with Crippen LogP contribution in [0.1, 0.15) is 37.8 Å². The molecule has 0 spiro atoms. The number of nitrogens with one attached hydrogen (secondary N) is 2. The number of carbonyl (C=O) groups excluding carboxylic acids is 2. The number of amides is 2. The van der Waals surface area contributed by atoms with Crippen molar-refractivity contribution >= 4 is 29.1 Å². The molecule has 0 aliphatic carbocycles. The van der Waals surface area contributed by atoms with Crippen LogP contribution in [0.2, 0.25) is 5.02 Å². The molecule has 2 N–H and O–H groups in total. The smallest absolute Gasteiger partial charge is 0.222 e. The van der Waals surface area contributed by atoms with Gasteiger partial charge in [-0.2, -0.15) is 0 Å². The zero-order valence-electron chi connectivity index (χ0n) is 16.5. The van der Waals surface area contributed by atoms with Gasteiger partial charge in [0.2, 0.25) is 11.8 Å². The molecule has 1 unspecified atom stereocenters. The third-order valence-corrected chi connectivity index (χ3v) is 4.73. The molecule has 0 bridgehead atoms. The lowest BCUT2D eigenvalue weighted by molar-refractivity contribution is -0.122. The van der Waals surface area contributed by atoms with Crippen molar-refractivity contribution in [3.63, 3.8) is 0 Å². The molecule has 0 saturated carbocycles. The molecule has 2 rings (SSSR count). The summed E-state index contributed by atoms with van der Waals surface area (Å²) >= 11 is 5.92. The Morgan fingerprint density at radius 3 is 2.36 bits per heavy atom. The maximum atomic E-state index is 12.3. The molecule has 6 heteroatoms. The van der Waals surface area contributed by atoms with Crippen LogP contribution in [0.3, 0.4) is 0 Å². The number of nitrogens with zero attached hydrogens (tertiary/aromatic N) is 1. The number of hydrogen-bond donors (Lipinski definition) is 2. The van der Waals surface area contributed by atoms with E-state index in [0.717, 1.165) is 24.9 Å². The average Bonchev–Trinajstić information content (AvgIpc) is 2.68. The molecule has 150 valence electrons. The van der Waals surface area contributed by atoms with Crippen LogP contribution in [0, 0.1) is 0 Å². The SMILES string of the molecule is CC(=O)NC(CC(=O)NCCCCN(C)c1ccccc1)c1ccc(Cl)cc1. The minimum Gasteiger partial charge on any atom is -0.375 e. The number of anilines is 1. The van der Waals surface area contributed by atoms with Crippen LogP contribution in [0.15, 0.2) is 54.6 Å². The van der Waals surface area contributed by atoms with Gasteiger partial charge in [0.15, 0.2) is 0 Å². The average molecular weight is 402 g/mol. The van der Waals surface area contributed by atoms with E-state index in [4.69, 9.17) is 11.6 Å². The highest BCUT2D eigenvalue weighted by molar-refractivity contribution is 6.30. The highest BCUT2D eigenvalue weighted by Gasteiger charge is 2.16.